The number of ether oxygens (including phenoxy) is 1. The molecule has 0 spiro atoms. The van der Waals surface area contributed by atoms with Gasteiger partial charge in [-0.1, -0.05) is 23.4 Å². The Bertz CT molecular complexity index is 631. The molecule has 7 heteroatoms. The fraction of sp³-hybridized carbons (Fsp3) is 0.467. The van der Waals surface area contributed by atoms with Gasteiger partial charge in [-0.15, -0.1) is 11.3 Å². The Labute approximate surface area is 143 Å². The number of carbonyl (C=O) groups excluding carboxylic acids is 1. The summed E-state index contributed by atoms with van der Waals surface area (Å²) in [6, 6.07) is 5.64. The van der Waals surface area contributed by atoms with Crippen molar-refractivity contribution in [2.45, 2.75) is 30.7 Å². The number of carbonyl (C=O) groups is 1. The molecule has 0 aliphatic rings. The third-order valence-corrected chi connectivity index (χ3v) is 5.17. The first-order chi connectivity index (χ1) is 10.5. The van der Waals surface area contributed by atoms with Crippen molar-refractivity contribution in [3.8, 4) is 0 Å². The van der Waals surface area contributed by atoms with Crippen LogP contribution in [0.25, 0.3) is 10.2 Å². The lowest BCUT2D eigenvalue weighted by molar-refractivity contribution is -0.118. The zero-order valence-electron chi connectivity index (χ0n) is 12.6. The third-order valence-electron chi connectivity index (χ3n) is 2.75. The summed E-state index contributed by atoms with van der Waals surface area (Å²) < 4.78 is 7.39. The van der Waals surface area contributed by atoms with Crippen LogP contribution in [-0.2, 0) is 9.53 Å². The molecule has 120 valence electrons. The summed E-state index contributed by atoms with van der Waals surface area (Å²) >= 11 is 8.97. The zero-order valence-corrected chi connectivity index (χ0v) is 15.0. The minimum atomic E-state index is 0.0202. The summed E-state index contributed by atoms with van der Waals surface area (Å²) in [6.45, 7) is 5.31. The van der Waals surface area contributed by atoms with Crippen LogP contribution in [-0.4, -0.2) is 35.9 Å². The average Bonchev–Trinajstić information content (AvgIpc) is 2.86. The lowest BCUT2D eigenvalue weighted by atomic mass is 10.3. The predicted molar refractivity (Wildman–Crippen MR) is 94.1 cm³/mol. The van der Waals surface area contributed by atoms with Crippen LogP contribution in [0.15, 0.2) is 22.5 Å². The molecule has 1 aromatic carbocycles. The molecule has 1 aromatic heterocycles. The highest BCUT2D eigenvalue weighted by atomic mass is 35.5. The molecule has 4 nitrogen and oxygen atoms in total. The first kappa shape index (κ1) is 17.5. The van der Waals surface area contributed by atoms with Gasteiger partial charge in [0.25, 0.3) is 0 Å². The Balaban J connectivity index is 1.71. The van der Waals surface area contributed by atoms with E-state index >= 15 is 0 Å². The number of halogens is 1. The molecule has 0 fully saturated rings. The van der Waals surface area contributed by atoms with Gasteiger partial charge in [0.15, 0.2) is 4.34 Å². The minimum absolute atomic E-state index is 0.0202. The maximum atomic E-state index is 11.8. The maximum Gasteiger partial charge on any atom is 0.230 e. The highest BCUT2D eigenvalue weighted by molar-refractivity contribution is 8.01. The van der Waals surface area contributed by atoms with Crippen LogP contribution in [0.5, 0.6) is 0 Å². The number of hydrogen-bond acceptors (Lipinski definition) is 5. The van der Waals surface area contributed by atoms with Gasteiger partial charge in [0.2, 0.25) is 5.91 Å². The first-order valence-corrected chi connectivity index (χ1v) is 9.30. The molecule has 0 bridgehead atoms. The van der Waals surface area contributed by atoms with Gasteiger partial charge in [0.05, 0.1) is 22.1 Å². The highest BCUT2D eigenvalue weighted by Crippen LogP contribution is 2.30. The quantitative estimate of drug-likeness (QED) is 0.573. The summed E-state index contributed by atoms with van der Waals surface area (Å²) in [6.07, 6.45) is 1.06. The predicted octanol–water partition coefficient (Wildman–Crippen LogP) is 3.97. The van der Waals surface area contributed by atoms with Gasteiger partial charge in [0, 0.05) is 18.2 Å². The molecule has 0 aliphatic carbocycles. The van der Waals surface area contributed by atoms with E-state index in [0.29, 0.717) is 23.9 Å². The van der Waals surface area contributed by atoms with Crippen molar-refractivity contribution in [2.75, 3.05) is 18.9 Å². The van der Waals surface area contributed by atoms with Gasteiger partial charge in [0.1, 0.15) is 0 Å². The lowest BCUT2D eigenvalue weighted by Crippen LogP contribution is -2.27. The molecular weight excluding hydrogens is 340 g/mol. The van der Waals surface area contributed by atoms with Crippen molar-refractivity contribution in [2.24, 2.45) is 0 Å². The van der Waals surface area contributed by atoms with Crippen molar-refractivity contribution in [1.82, 2.24) is 10.3 Å². The Kier molecular flexibility index (Phi) is 6.95. The normalized spacial score (nSPS) is 11.3. The van der Waals surface area contributed by atoms with Gasteiger partial charge < -0.3 is 10.1 Å². The van der Waals surface area contributed by atoms with E-state index in [1.54, 1.807) is 11.3 Å². The van der Waals surface area contributed by atoms with Crippen LogP contribution >= 0.6 is 34.7 Å². The molecule has 1 N–H and O–H groups in total. The summed E-state index contributed by atoms with van der Waals surface area (Å²) in [5.74, 6) is 0.394. The average molecular weight is 359 g/mol. The highest BCUT2D eigenvalue weighted by Gasteiger charge is 2.08. The van der Waals surface area contributed by atoms with Crippen LogP contribution in [0.1, 0.15) is 20.3 Å². The van der Waals surface area contributed by atoms with E-state index in [1.165, 1.54) is 11.8 Å². The molecule has 0 aliphatic heterocycles. The van der Waals surface area contributed by atoms with E-state index in [2.05, 4.69) is 10.3 Å². The van der Waals surface area contributed by atoms with Crippen molar-refractivity contribution in [3.63, 3.8) is 0 Å². The number of nitrogens with zero attached hydrogens (tertiary/aromatic N) is 1. The van der Waals surface area contributed by atoms with Crippen molar-refractivity contribution >= 4 is 50.8 Å². The fourth-order valence-electron chi connectivity index (χ4n) is 1.74. The van der Waals surface area contributed by atoms with Gasteiger partial charge >= 0.3 is 0 Å². The van der Waals surface area contributed by atoms with Gasteiger partial charge in [-0.2, -0.15) is 0 Å². The monoisotopic (exact) mass is 358 g/mol. The number of thiazole rings is 1. The van der Waals surface area contributed by atoms with E-state index in [1.807, 2.05) is 32.0 Å². The Hall–Kier alpha value is -0.820. The summed E-state index contributed by atoms with van der Waals surface area (Å²) in [7, 11) is 0. The second-order valence-corrected chi connectivity index (χ2v) is 7.69. The van der Waals surface area contributed by atoms with E-state index in [9.17, 15) is 4.79 Å². The Morgan fingerprint density at radius 2 is 2.32 bits per heavy atom. The second-order valence-electron chi connectivity index (χ2n) is 5.00. The second kappa shape index (κ2) is 8.72. The molecule has 2 rings (SSSR count). The number of benzene rings is 1. The number of hydrogen-bond donors (Lipinski definition) is 1. The molecule has 1 amide bonds. The van der Waals surface area contributed by atoms with Crippen LogP contribution in [0.4, 0.5) is 0 Å². The number of rotatable bonds is 8. The van der Waals surface area contributed by atoms with Crippen LogP contribution in [0, 0.1) is 0 Å². The van der Waals surface area contributed by atoms with Gasteiger partial charge in [-0.3, -0.25) is 4.79 Å². The van der Waals surface area contributed by atoms with Crippen LogP contribution < -0.4 is 5.32 Å². The molecule has 0 atom stereocenters. The molecule has 2 aromatic rings. The number of aromatic nitrogens is 1. The van der Waals surface area contributed by atoms with Crippen LogP contribution in [0.2, 0.25) is 5.02 Å². The third kappa shape index (κ3) is 5.76. The molecular formula is C15H19ClN2O2S2. The number of amides is 1. The molecule has 1 heterocycles. The van der Waals surface area contributed by atoms with Crippen molar-refractivity contribution < 1.29 is 9.53 Å². The maximum absolute atomic E-state index is 11.8. The zero-order chi connectivity index (χ0) is 15.9. The van der Waals surface area contributed by atoms with E-state index in [4.69, 9.17) is 16.3 Å². The minimum Gasteiger partial charge on any atom is -0.379 e. The van der Waals surface area contributed by atoms with Crippen molar-refractivity contribution in [1.29, 1.82) is 0 Å². The van der Waals surface area contributed by atoms with E-state index < -0.39 is 0 Å². The first-order valence-electron chi connectivity index (χ1n) is 7.12. The fourth-order valence-corrected chi connectivity index (χ4v) is 3.78. The standard InChI is InChI=1S/C15H19ClN2O2S2/c1-10(2)20-7-3-6-17-14(19)9-21-15-18-12-8-11(16)4-5-13(12)22-15/h4-5,8,10H,3,6-7,9H2,1-2H3,(H,17,19). The lowest BCUT2D eigenvalue weighted by Gasteiger charge is -2.07. The topological polar surface area (TPSA) is 51.2 Å². The summed E-state index contributed by atoms with van der Waals surface area (Å²) in [5, 5.41) is 3.56. The molecule has 0 radical (unpaired) electrons. The largest absolute Gasteiger partial charge is 0.379 e. The van der Waals surface area contributed by atoms with Crippen molar-refractivity contribution in [3.05, 3.63) is 23.2 Å². The SMILES string of the molecule is CC(C)OCCCNC(=O)CSc1nc2cc(Cl)ccc2s1. The number of nitrogens with one attached hydrogen (secondary N) is 1. The Morgan fingerprint density at radius 3 is 3.09 bits per heavy atom. The van der Waals surface area contributed by atoms with Crippen LogP contribution in [0.3, 0.4) is 0 Å². The number of thioether (sulfide) groups is 1. The molecule has 0 saturated carbocycles. The smallest absolute Gasteiger partial charge is 0.230 e. The van der Waals surface area contributed by atoms with Gasteiger partial charge in [-0.25, -0.2) is 4.98 Å². The number of fused-ring (bicyclic) bond motifs is 1. The van der Waals surface area contributed by atoms with E-state index in [0.717, 1.165) is 21.0 Å². The molecule has 0 saturated heterocycles. The summed E-state index contributed by atoms with van der Waals surface area (Å²) in [4.78, 5) is 16.2. The molecule has 0 unspecified atom stereocenters. The Morgan fingerprint density at radius 1 is 1.50 bits per heavy atom. The van der Waals surface area contributed by atoms with Gasteiger partial charge in [-0.05, 0) is 38.5 Å². The summed E-state index contributed by atoms with van der Waals surface area (Å²) in [5.41, 5.74) is 0.881. The molecule has 22 heavy (non-hydrogen) atoms. The van der Waals surface area contributed by atoms with E-state index in [-0.39, 0.29) is 12.0 Å².